The lowest BCUT2D eigenvalue weighted by Crippen LogP contribution is -2.35. The Bertz CT molecular complexity index is 442. The van der Waals surface area contributed by atoms with E-state index in [1.165, 1.54) is 32.1 Å². The Labute approximate surface area is 128 Å². The van der Waals surface area contributed by atoms with E-state index in [2.05, 4.69) is 21.2 Å². The Morgan fingerprint density at radius 3 is 2.47 bits per heavy atom. The van der Waals surface area contributed by atoms with Crippen LogP contribution in [0.3, 0.4) is 0 Å². The van der Waals surface area contributed by atoms with Crippen LogP contribution in [0.1, 0.15) is 55.3 Å². The van der Waals surface area contributed by atoms with E-state index < -0.39 is 0 Å². The number of benzene rings is 1. The third-order valence-electron chi connectivity index (χ3n) is 3.64. The van der Waals surface area contributed by atoms with E-state index in [9.17, 15) is 4.79 Å². The lowest BCUT2D eigenvalue weighted by Gasteiger charge is -2.21. The van der Waals surface area contributed by atoms with E-state index in [1.807, 2.05) is 12.1 Å². The van der Waals surface area contributed by atoms with Crippen LogP contribution >= 0.6 is 27.5 Å². The van der Waals surface area contributed by atoms with Crippen LogP contribution in [0.5, 0.6) is 0 Å². The van der Waals surface area contributed by atoms with Crippen LogP contribution in [0.15, 0.2) is 22.7 Å². The lowest BCUT2D eigenvalue weighted by molar-refractivity contribution is 0.0930. The molecule has 0 heterocycles. The summed E-state index contributed by atoms with van der Waals surface area (Å²) < 4.78 is 0.763. The van der Waals surface area contributed by atoms with Crippen molar-refractivity contribution >= 4 is 33.4 Å². The zero-order valence-electron chi connectivity index (χ0n) is 10.9. The van der Waals surface area contributed by atoms with Crippen molar-refractivity contribution in [2.45, 2.75) is 51.0 Å². The lowest BCUT2D eigenvalue weighted by atomic mass is 9.96. The van der Waals surface area contributed by atoms with E-state index in [1.54, 1.807) is 6.07 Å². The fourth-order valence-electron chi connectivity index (χ4n) is 2.54. The molecule has 19 heavy (non-hydrogen) atoms. The molecular formula is C15H19BrClNO. The number of amides is 1. The molecule has 0 bridgehead atoms. The molecule has 0 atom stereocenters. The van der Waals surface area contributed by atoms with Crippen molar-refractivity contribution in [1.82, 2.24) is 5.32 Å². The molecule has 0 spiro atoms. The normalized spacial score (nSPS) is 17.6. The third-order valence-corrected chi connectivity index (χ3v) is 4.93. The molecule has 4 heteroatoms. The predicted octanol–water partition coefficient (Wildman–Crippen LogP) is 4.95. The van der Waals surface area contributed by atoms with Gasteiger partial charge in [-0.2, -0.15) is 0 Å². The second-order valence-electron chi connectivity index (χ2n) is 5.12. The first kappa shape index (κ1) is 14.9. The highest BCUT2D eigenvalue weighted by Crippen LogP contribution is 2.26. The largest absolute Gasteiger partial charge is 0.349 e. The Morgan fingerprint density at radius 1 is 1.16 bits per heavy atom. The van der Waals surface area contributed by atoms with Crippen molar-refractivity contribution in [3.8, 4) is 0 Å². The van der Waals surface area contributed by atoms with Crippen molar-refractivity contribution in [2.24, 2.45) is 0 Å². The minimum absolute atomic E-state index is 0.0585. The van der Waals surface area contributed by atoms with E-state index in [-0.39, 0.29) is 5.91 Å². The summed E-state index contributed by atoms with van der Waals surface area (Å²) in [4.78, 5) is 12.3. The molecular weight excluding hydrogens is 326 g/mol. The quantitative estimate of drug-likeness (QED) is 0.808. The maximum atomic E-state index is 12.3. The molecule has 0 saturated heterocycles. The number of hydrogen-bond acceptors (Lipinski definition) is 1. The van der Waals surface area contributed by atoms with Gasteiger partial charge >= 0.3 is 0 Å². The number of rotatable bonds is 2. The molecule has 1 N–H and O–H groups in total. The average Bonchev–Trinajstić information content (AvgIpc) is 2.35. The van der Waals surface area contributed by atoms with Gasteiger partial charge in [0, 0.05) is 10.5 Å². The fraction of sp³-hybridized carbons (Fsp3) is 0.533. The second-order valence-corrected chi connectivity index (χ2v) is 6.35. The molecule has 0 unspecified atom stereocenters. The number of carbonyl (C=O) groups excluding carboxylic acids is 1. The van der Waals surface area contributed by atoms with Crippen LogP contribution in [0, 0.1) is 0 Å². The SMILES string of the molecule is O=C(NC1CCCCCCC1)c1cccc(Br)c1Cl. The van der Waals surface area contributed by atoms with E-state index in [0.717, 1.165) is 17.3 Å². The van der Waals surface area contributed by atoms with E-state index in [0.29, 0.717) is 16.6 Å². The molecule has 104 valence electrons. The molecule has 1 aromatic rings. The molecule has 0 radical (unpaired) electrons. The standard InChI is InChI=1S/C15H19BrClNO/c16-13-10-6-9-12(14(13)17)15(19)18-11-7-4-2-1-3-5-8-11/h6,9-11H,1-5,7-8H2,(H,18,19). The summed E-state index contributed by atoms with van der Waals surface area (Å²) in [7, 11) is 0. The maximum absolute atomic E-state index is 12.3. The topological polar surface area (TPSA) is 29.1 Å². The Morgan fingerprint density at radius 2 is 1.79 bits per heavy atom. The smallest absolute Gasteiger partial charge is 0.253 e. The van der Waals surface area contributed by atoms with Gasteiger partial charge in [-0.15, -0.1) is 0 Å². The molecule has 1 aromatic carbocycles. The minimum atomic E-state index is -0.0585. The van der Waals surface area contributed by atoms with Crippen LogP contribution in [-0.4, -0.2) is 11.9 Å². The summed E-state index contributed by atoms with van der Waals surface area (Å²) in [5, 5.41) is 3.62. The molecule has 0 aromatic heterocycles. The monoisotopic (exact) mass is 343 g/mol. The number of hydrogen-bond donors (Lipinski definition) is 1. The zero-order chi connectivity index (χ0) is 13.7. The predicted molar refractivity (Wildman–Crippen MR) is 82.7 cm³/mol. The number of carbonyl (C=O) groups is 1. The van der Waals surface area contributed by atoms with Gasteiger partial charge in [0.05, 0.1) is 10.6 Å². The summed E-state index contributed by atoms with van der Waals surface area (Å²) in [5.41, 5.74) is 0.554. The first-order chi connectivity index (χ1) is 9.18. The number of halogens is 2. The summed E-state index contributed by atoms with van der Waals surface area (Å²) in [5.74, 6) is -0.0585. The molecule has 2 rings (SSSR count). The highest BCUT2D eigenvalue weighted by Gasteiger charge is 2.17. The van der Waals surface area contributed by atoms with Crippen molar-refractivity contribution in [3.63, 3.8) is 0 Å². The molecule has 2 nitrogen and oxygen atoms in total. The van der Waals surface area contributed by atoms with E-state index >= 15 is 0 Å². The van der Waals surface area contributed by atoms with Crippen molar-refractivity contribution in [1.29, 1.82) is 0 Å². The van der Waals surface area contributed by atoms with Gasteiger partial charge in [0.2, 0.25) is 0 Å². The van der Waals surface area contributed by atoms with Crippen LogP contribution in [0.2, 0.25) is 5.02 Å². The van der Waals surface area contributed by atoms with Crippen molar-refractivity contribution in [3.05, 3.63) is 33.3 Å². The molecule has 0 aliphatic heterocycles. The minimum Gasteiger partial charge on any atom is -0.349 e. The van der Waals surface area contributed by atoms with E-state index in [4.69, 9.17) is 11.6 Å². The first-order valence-corrected chi connectivity index (χ1v) is 8.10. The van der Waals surface area contributed by atoms with Crippen molar-refractivity contribution < 1.29 is 4.79 Å². The summed E-state index contributed by atoms with van der Waals surface area (Å²) in [6.45, 7) is 0. The first-order valence-electron chi connectivity index (χ1n) is 6.93. The Kier molecular flexibility index (Phi) is 5.71. The molecule has 1 aliphatic rings. The van der Waals surface area contributed by atoms with Gasteiger partial charge in [-0.3, -0.25) is 4.79 Å². The van der Waals surface area contributed by atoms with Crippen LogP contribution in [-0.2, 0) is 0 Å². The summed E-state index contributed by atoms with van der Waals surface area (Å²) >= 11 is 9.51. The average molecular weight is 345 g/mol. The van der Waals surface area contributed by atoms with Gasteiger partial charge in [0.1, 0.15) is 0 Å². The van der Waals surface area contributed by atoms with Gasteiger partial charge in [-0.25, -0.2) is 0 Å². The third kappa shape index (κ3) is 4.22. The molecule has 1 aliphatic carbocycles. The highest BCUT2D eigenvalue weighted by atomic mass is 79.9. The van der Waals surface area contributed by atoms with Gasteiger partial charge in [0.25, 0.3) is 5.91 Å². The number of nitrogens with one attached hydrogen (secondary N) is 1. The maximum Gasteiger partial charge on any atom is 0.253 e. The summed E-state index contributed by atoms with van der Waals surface area (Å²) in [6.07, 6.45) is 8.47. The Hall–Kier alpha value is -0.540. The fourth-order valence-corrected chi connectivity index (χ4v) is 3.12. The second kappa shape index (κ2) is 7.30. The Balaban J connectivity index is 2.01. The summed E-state index contributed by atoms with van der Waals surface area (Å²) in [6, 6.07) is 5.74. The van der Waals surface area contributed by atoms with Gasteiger partial charge < -0.3 is 5.32 Å². The zero-order valence-corrected chi connectivity index (χ0v) is 13.3. The molecule has 1 amide bonds. The van der Waals surface area contributed by atoms with Crippen LogP contribution < -0.4 is 5.32 Å². The van der Waals surface area contributed by atoms with Gasteiger partial charge in [-0.05, 0) is 40.9 Å². The van der Waals surface area contributed by atoms with Gasteiger partial charge in [0.15, 0.2) is 0 Å². The van der Waals surface area contributed by atoms with Crippen LogP contribution in [0.4, 0.5) is 0 Å². The van der Waals surface area contributed by atoms with Crippen LogP contribution in [0.25, 0.3) is 0 Å². The highest BCUT2D eigenvalue weighted by molar-refractivity contribution is 9.10. The van der Waals surface area contributed by atoms with Crippen molar-refractivity contribution in [2.75, 3.05) is 0 Å². The molecule has 1 saturated carbocycles. The molecule has 1 fully saturated rings. The van der Waals surface area contributed by atoms with Gasteiger partial charge in [-0.1, -0.05) is 49.8 Å².